The first-order valence-electron chi connectivity index (χ1n) is 2.99. The Morgan fingerprint density at radius 1 is 1.60 bits per heavy atom. The van der Waals surface area contributed by atoms with Gasteiger partial charge in [-0.2, -0.15) is 0 Å². The van der Waals surface area contributed by atoms with Crippen LogP contribution in [0.3, 0.4) is 0 Å². The molecule has 0 aromatic carbocycles. The SMILES string of the molecule is C#CC1(S(=O)(=O)NC)CC1. The van der Waals surface area contributed by atoms with Crippen LogP contribution in [0.15, 0.2) is 0 Å². The third-order valence-electron chi connectivity index (χ3n) is 1.75. The molecule has 0 aliphatic heterocycles. The molecule has 3 nitrogen and oxygen atoms in total. The van der Waals surface area contributed by atoms with E-state index in [1.165, 1.54) is 7.05 Å². The summed E-state index contributed by atoms with van der Waals surface area (Å²) in [5.74, 6) is 2.29. The Balaban J connectivity index is 2.97. The number of rotatable bonds is 2. The van der Waals surface area contributed by atoms with Crippen molar-refractivity contribution in [2.24, 2.45) is 0 Å². The molecule has 0 unspecified atom stereocenters. The van der Waals surface area contributed by atoms with Gasteiger partial charge in [-0.05, 0) is 19.9 Å². The molecule has 0 saturated heterocycles. The minimum atomic E-state index is -3.22. The van der Waals surface area contributed by atoms with E-state index >= 15 is 0 Å². The molecule has 0 heterocycles. The van der Waals surface area contributed by atoms with Crippen LogP contribution in [-0.2, 0) is 10.0 Å². The Labute approximate surface area is 60.9 Å². The van der Waals surface area contributed by atoms with E-state index in [-0.39, 0.29) is 0 Å². The molecule has 1 aliphatic rings. The second-order valence-electron chi connectivity index (χ2n) is 2.35. The summed E-state index contributed by atoms with van der Waals surface area (Å²) in [6.07, 6.45) is 6.24. The average molecular weight is 159 g/mol. The maximum Gasteiger partial charge on any atom is 0.228 e. The fraction of sp³-hybridized carbons (Fsp3) is 0.667. The third-order valence-corrected chi connectivity index (χ3v) is 3.84. The molecule has 0 aromatic rings. The Hall–Kier alpha value is -0.530. The monoisotopic (exact) mass is 159 g/mol. The minimum Gasteiger partial charge on any atom is -0.217 e. The molecule has 0 spiro atoms. The molecule has 1 N–H and O–H groups in total. The molecule has 0 bridgehead atoms. The molecular formula is C6H9NO2S. The van der Waals surface area contributed by atoms with E-state index in [9.17, 15) is 8.42 Å². The van der Waals surface area contributed by atoms with Crippen molar-refractivity contribution in [1.29, 1.82) is 0 Å². The average Bonchev–Trinajstić information content (AvgIpc) is 2.67. The molecule has 0 amide bonds. The van der Waals surface area contributed by atoms with Gasteiger partial charge in [0.25, 0.3) is 0 Å². The summed E-state index contributed by atoms with van der Waals surface area (Å²) < 4.78 is 23.5. The molecule has 0 aromatic heterocycles. The number of terminal acetylenes is 1. The summed E-state index contributed by atoms with van der Waals surface area (Å²) in [6.45, 7) is 0. The van der Waals surface area contributed by atoms with Crippen LogP contribution in [0, 0.1) is 12.3 Å². The molecule has 1 saturated carbocycles. The van der Waals surface area contributed by atoms with E-state index in [1.807, 2.05) is 0 Å². The highest BCUT2D eigenvalue weighted by Crippen LogP contribution is 2.41. The summed E-state index contributed by atoms with van der Waals surface area (Å²) in [6, 6.07) is 0. The number of hydrogen-bond donors (Lipinski definition) is 1. The van der Waals surface area contributed by atoms with Gasteiger partial charge in [0.15, 0.2) is 0 Å². The van der Waals surface area contributed by atoms with Crippen molar-refractivity contribution < 1.29 is 8.42 Å². The van der Waals surface area contributed by atoms with E-state index in [0.717, 1.165) is 0 Å². The number of hydrogen-bond acceptors (Lipinski definition) is 2. The van der Waals surface area contributed by atoms with Gasteiger partial charge in [0.05, 0.1) is 0 Å². The quantitative estimate of drug-likeness (QED) is 0.562. The second-order valence-corrected chi connectivity index (χ2v) is 4.54. The third kappa shape index (κ3) is 0.825. The smallest absolute Gasteiger partial charge is 0.217 e. The normalized spacial score (nSPS) is 21.6. The predicted octanol–water partition coefficient (Wildman–Crippen LogP) is -0.299. The van der Waals surface area contributed by atoms with Gasteiger partial charge >= 0.3 is 0 Å². The van der Waals surface area contributed by atoms with Crippen LogP contribution in [0.5, 0.6) is 0 Å². The second kappa shape index (κ2) is 1.97. The van der Waals surface area contributed by atoms with E-state index in [2.05, 4.69) is 10.6 Å². The molecule has 56 valence electrons. The molecule has 10 heavy (non-hydrogen) atoms. The Bertz CT molecular complexity index is 269. The summed E-state index contributed by atoms with van der Waals surface area (Å²) in [5, 5.41) is 0. The van der Waals surface area contributed by atoms with Crippen LogP contribution < -0.4 is 4.72 Å². The lowest BCUT2D eigenvalue weighted by molar-refractivity contribution is 0.580. The molecule has 1 rings (SSSR count). The van der Waals surface area contributed by atoms with E-state index in [4.69, 9.17) is 6.42 Å². The van der Waals surface area contributed by atoms with Gasteiger partial charge in [-0.1, -0.05) is 5.92 Å². The van der Waals surface area contributed by atoms with E-state index < -0.39 is 14.8 Å². The van der Waals surface area contributed by atoms with Crippen LogP contribution in [0.1, 0.15) is 12.8 Å². The first kappa shape index (κ1) is 7.58. The Morgan fingerprint density at radius 2 is 2.10 bits per heavy atom. The predicted molar refractivity (Wildman–Crippen MR) is 38.8 cm³/mol. The molecule has 1 fully saturated rings. The number of sulfonamides is 1. The number of nitrogens with one attached hydrogen (secondary N) is 1. The standard InChI is InChI=1S/C6H9NO2S/c1-3-6(4-5-6)10(8,9)7-2/h1,7H,4-5H2,2H3. The van der Waals surface area contributed by atoms with Crippen LogP contribution in [0.4, 0.5) is 0 Å². The van der Waals surface area contributed by atoms with Crippen molar-refractivity contribution >= 4 is 10.0 Å². The molecule has 0 radical (unpaired) electrons. The van der Waals surface area contributed by atoms with Crippen molar-refractivity contribution in [3.63, 3.8) is 0 Å². The van der Waals surface area contributed by atoms with Gasteiger partial charge in [-0.15, -0.1) is 6.42 Å². The zero-order valence-corrected chi connectivity index (χ0v) is 6.53. The first-order chi connectivity index (χ1) is 4.58. The van der Waals surface area contributed by atoms with Crippen LogP contribution in [0.25, 0.3) is 0 Å². The van der Waals surface area contributed by atoms with Gasteiger partial charge in [0, 0.05) is 0 Å². The van der Waals surface area contributed by atoms with Crippen LogP contribution in [-0.4, -0.2) is 20.2 Å². The summed E-state index contributed by atoms with van der Waals surface area (Å²) in [5.41, 5.74) is 0. The Kier molecular flexibility index (Phi) is 1.50. The van der Waals surface area contributed by atoms with Crippen molar-refractivity contribution in [1.82, 2.24) is 4.72 Å². The van der Waals surface area contributed by atoms with Crippen molar-refractivity contribution in [2.45, 2.75) is 17.6 Å². The van der Waals surface area contributed by atoms with Gasteiger partial charge in [-0.25, -0.2) is 13.1 Å². The van der Waals surface area contributed by atoms with Crippen molar-refractivity contribution in [2.75, 3.05) is 7.05 Å². The van der Waals surface area contributed by atoms with Gasteiger partial charge in [0.2, 0.25) is 10.0 Å². The van der Waals surface area contributed by atoms with Crippen LogP contribution in [0.2, 0.25) is 0 Å². The van der Waals surface area contributed by atoms with Crippen LogP contribution >= 0.6 is 0 Å². The highest BCUT2D eigenvalue weighted by molar-refractivity contribution is 7.91. The summed E-state index contributed by atoms with van der Waals surface area (Å²) in [7, 11) is -1.84. The van der Waals surface area contributed by atoms with Gasteiger partial charge in [0.1, 0.15) is 4.75 Å². The van der Waals surface area contributed by atoms with Crippen molar-refractivity contribution in [3.05, 3.63) is 0 Å². The highest BCUT2D eigenvalue weighted by atomic mass is 32.2. The Morgan fingerprint density at radius 3 is 2.20 bits per heavy atom. The summed E-state index contributed by atoms with van der Waals surface area (Å²) in [4.78, 5) is 0. The molecule has 4 heteroatoms. The first-order valence-corrected chi connectivity index (χ1v) is 4.47. The summed E-state index contributed by atoms with van der Waals surface area (Å²) >= 11 is 0. The lowest BCUT2D eigenvalue weighted by atomic mass is 10.4. The zero-order chi connectivity index (χ0) is 7.83. The van der Waals surface area contributed by atoms with E-state index in [0.29, 0.717) is 12.8 Å². The molecule has 0 atom stereocenters. The maximum atomic E-state index is 11.1. The highest BCUT2D eigenvalue weighted by Gasteiger charge is 2.52. The lowest BCUT2D eigenvalue weighted by Gasteiger charge is -2.06. The maximum absolute atomic E-state index is 11.1. The van der Waals surface area contributed by atoms with E-state index in [1.54, 1.807) is 0 Å². The fourth-order valence-electron chi connectivity index (χ4n) is 0.800. The van der Waals surface area contributed by atoms with Gasteiger partial charge < -0.3 is 0 Å². The zero-order valence-electron chi connectivity index (χ0n) is 5.72. The lowest BCUT2D eigenvalue weighted by Crippen LogP contribution is -2.32. The van der Waals surface area contributed by atoms with Gasteiger partial charge in [-0.3, -0.25) is 0 Å². The molecular weight excluding hydrogens is 150 g/mol. The fourth-order valence-corrected chi connectivity index (χ4v) is 1.98. The topological polar surface area (TPSA) is 46.2 Å². The minimum absolute atomic E-state index is 0.590. The largest absolute Gasteiger partial charge is 0.228 e. The van der Waals surface area contributed by atoms with Crippen molar-refractivity contribution in [3.8, 4) is 12.3 Å². The molecule has 1 aliphatic carbocycles.